The highest BCUT2D eigenvalue weighted by Crippen LogP contribution is 2.28. The number of hydrogen-bond acceptors (Lipinski definition) is 2. The highest BCUT2D eigenvalue weighted by atomic mass is 16.2. The zero-order valence-corrected chi connectivity index (χ0v) is 14.8. The number of fused-ring (bicyclic) bond motifs is 1. The van der Waals surface area contributed by atoms with Gasteiger partial charge >= 0.3 is 0 Å². The molecule has 0 saturated carbocycles. The number of carbonyl (C=O) groups is 1. The minimum atomic E-state index is 0.0842. The second-order valence-electron chi connectivity index (χ2n) is 6.75. The third-order valence-electron chi connectivity index (χ3n) is 5.03. The van der Waals surface area contributed by atoms with Crippen molar-refractivity contribution >= 4 is 11.6 Å². The van der Waals surface area contributed by atoms with Crippen LogP contribution in [0, 0.1) is 6.92 Å². The molecule has 0 N–H and O–H groups in total. The van der Waals surface area contributed by atoms with Gasteiger partial charge in [0.25, 0.3) is 0 Å². The molecule has 24 heavy (non-hydrogen) atoms. The lowest BCUT2D eigenvalue weighted by Crippen LogP contribution is -2.41. The molecule has 126 valence electrons. The maximum Gasteiger partial charge on any atom is 0.242 e. The maximum absolute atomic E-state index is 12.8. The van der Waals surface area contributed by atoms with Gasteiger partial charge in [0.05, 0.1) is 12.6 Å². The van der Waals surface area contributed by atoms with Crippen molar-refractivity contribution in [2.75, 3.05) is 25.0 Å². The summed E-state index contributed by atoms with van der Waals surface area (Å²) >= 11 is 0. The summed E-state index contributed by atoms with van der Waals surface area (Å²) < 4.78 is 0. The summed E-state index contributed by atoms with van der Waals surface area (Å²) in [6.07, 6.45) is 2.22. The van der Waals surface area contributed by atoms with Gasteiger partial charge in [-0.1, -0.05) is 48.0 Å². The van der Waals surface area contributed by atoms with Gasteiger partial charge in [0.2, 0.25) is 5.91 Å². The first kappa shape index (κ1) is 16.6. The molecule has 0 fully saturated rings. The minimum Gasteiger partial charge on any atom is -0.362 e. The third kappa shape index (κ3) is 3.45. The fourth-order valence-corrected chi connectivity index (χ4v) is 3.41. The predicted octanol–water partition coefficient (Wildman–Crippen LogP) is 3.97. The van der Waals surface area contributed by atoms with E-state index in [0.29, 0.717) is 6.54 Å². The Morgan fingerprint density at radius 2 is 1.96 bits per heavy atom. The lowest BCUT2D eigenvalue weighted by molar-refractivity contribution is -0.130. The lowest BCUT2D eigenvalue weighted by atomic mass is 9.99. The van der Waals surface area contributed by atoms with Crippen molar-refractivity contribution in [1.82, 2.24) is 4.90 Å². The normalized spacial score (nSPS) is 14.9. The van der Waals surface area contributed by atoms with Gasteiger partial charge < -0.3 is 9.80 Å². The Hall–Kier alpha value is -2.29. The Kier molecular flexibility index (Phi) is 4.89. The van der Waals surface area contributed by atoms with Crippen molar-refractivity contribution in [2.45, 2.75) is 32.7 Å². The second-order valence-corrected chi connectivity index (χ2v) is 6.75. The van der Waals surface area contributed by atoms with Crippen LogP contribution in [-0.2, 0) is 11.2 Å². The number of likely N-dealkylation sites (N-methyl/N-ethyl adjacent to an activating group) is 1. The molecule has 0 saturated heterocycles. The number of carbonyl (C=O) groups excluding carboxylic acids is 1. The average molecular weight is 322 g/mol. The Labute approximate surface area is 144 Å². The van der Waals surface area contributed by atoms with E-state index < -0.39 is 0 Å². The molecule has 3 nitrogen and oxygen atoms in total. The molecule has 0 bridgehead atoms. The van der Waals surface area contributed by atoms with Gasteiger partial charge in [-0.15, -0.1) is 0 Å². The van der Waals surface area contributed by atoms with E-state index in [1.807, 2.05) is 30.1 Å². The van der Waals surface area contributed by atoms with Gasteiger partial charge in [-0.25, -0.2) is 0 Å². The summed E-state index contributed by atoms with van der Waals surface area (Å²) in [6.45, 7) is 5.61. The monoisotopic (exact) mass is 322 g/mol. The van der Waals surface area contributed by atoms with Gasteiger partial charge in [0.1, 0.15) is 0 Å². The molecule has 2 aromatic carbocycles. The summed E-state index contributed by atoms with van der Waals surface area (Å²) in [5.74, 6) is 0.166. The average Bonchev–Trinajstić information content (AvgIpc) is 2.61. The van der Waals surface area contributed by atoms with Crippen LogP contribution in [-0.4, -0.2) is 30.9 Å². The van der Waals surface area contributed by atoms with Crippen LogP contribution in [0.25, 0.3) is 0 Å². The molecule has 1 aliphatic heterocycles. The maximum atomic E-state index is 12.8. The Bertz CT molecular complexity index is 711. The van der Waals surface area contributed by atoms with E-state index in [1.165, 1.54) is 22.4 Å². The predicted molar refractivity (Wildman–Crippen MR) is 99.3 cm³/mol. The Balaban J connectivity index is 1.71. The number of nitrogens with zero attached hydrogens (tertiary/aromatic N) is 2. The summed E-state index contributed by atoms with van der Waals surface area (Å²) in [5.41, 5.74) is 5.05. The quantitative estimate of drug-likeness (QED) is 0.850. The van der Waals surface area contributed by atoms with Crippen molar-refractivity contribution in [2.24, 2.45) is 0 Å². The fraction of sp³-hybridized carbons (Fsp3) is 0.381. The fourth-order valence-electron chi connectivity index (χ4n) is 3.41. The van der Waals surface area contributed by atoms with Crippen LogP contribution < -0.4 is 4.90 Å². The van der Waals surface area contributed by atoms with Crippen molar-refractivity contribution < 1.29 is 4.79 Å². The topological polar surface area (TPSA) is 23.6 Å². The van der Waals surface area contributed by atoms with Crippen LogP contribution in [0.5, 0.6) is 0 Å². The number of anilines is 1. The largest absolute Gasteiger partial charge is 0.362 e. The molecule has 3 heteroatoms. The van der Waals surface area contributed by atoms with E-state index in [0.717, 1.165) is 19.4 Å². The molecule has 0 aliphatic carbocycles. The molecule has 1 atom stereocenters. The smallest absolute Gasteiger partial charge is 0.242 e. The number of hydrogen-bond donors (Lipinski definition) is 0. The van der Waals surface area contributed by atoms with Crippen LogP contribution in [0.1, 0.15) is 36.1 Å². The molecule has 0 aromatic heterocycles. The lowest BCUT2D eigenvalue weighted by Gasteiger charge is -2.34. The summed E-state index contributed by atoms with van der Waals surface area (Å²) in [7, 11) is 1.90. The Morgan fingerprint density at radius 3 is 2.71 bits per heavy atom. The zero-order valence-electron chi connectivity index (χ0n) is 14.8. The van der Waals surface area contributed by atoms with Crippen LogP contribution in [0.2, 0.25) is 0 Å². The molecule has 2 aromatic rings. The van der Waals surface area contributed by atoms with E-state index in [4.69, 9.17) is 0 Å². The first-order chi connectivity index (χ1) is 11.6. The second kappa shape index (κ2) is 7.08. The van der Waals surface area contributed by atoms with Gasteiger partial charge in [-0.3, -0.25) is 4.79 Å². The van der Waals surface area contributed by atoms with E-state index in [2.05, 4.69) is 49.1 Å². The van der Waals surface area contributed by atoms with Crippen LogP contribution >= 0.6 is 0 Å². The Morgan fingerprint density at radius 1 is 1.21 bits per heavy atom. The first-order valence-corrected chi connectivity index (χ1v) is 8.71. The SMILES string of the molecule is Cc1ccc2c(c1)CCCN2CC(=O)N(C)[C@@H](C)c1ccccc1. The summed E-state index contributed by atoms with van der Waals surface area (Å²) in [5, 5.41) is 0. The van der Waals surface area contributed by atoms with E-state index in [-0.39, 0.29) is 11.9 Å². The van der Waals surface area contributed by atoms with Crippen molar-refractivity contribution in [1.29, 1.82) is 0 Å². The van der Waals surface area contributed by atoms with E-state index >= 15 is 0 Å². The van der Waals surface area contributed by atoms with Gasteiger partial charge in [0.15, 0.2) is 0 Å². The molecule has 1 aliphatic rings. The van der Waals surface area contributed by atoms with Gasteiger partial charge in [0, 0.05) is 19.3 Å². The van der Waals surface area contributed by atoms with E-state index in [1.54, 1.807) is 0 Å². The van der Waals surface area contributed by atoms with Crippen molar-refractivity contribution in [3.05, 3.63) is 65.2 Å². The first-order valence-electron chi connectivity index (χ1n) is 8.71. The summed E-state index contributed by atoms with van der Waals surface area (Å²) in [4.78, 5) is 16.9. The van der Waals surface area contributed by atoms with Crippen molar-refractivity contribution in [3.63, 3.8) is 0 Å². The van der Waals surface area contributed by atoms with Crippen LogP contribution in [0.4, 0.5) is 5.69 Å². The number of rotatable bonds is 4. The zero-order chi connectivity index (χ0) is 17.1. The van der Waals surface area contributed by atoms with Crippen LogP contribution in [0.15, 0.2) is 48.5 Å². The highest BCUT2D eigenvalue weighted by molar-refractivity contribution is 5.82. The summed E-state index contributed by atoms with van der Waals surface area (Å²) in [6, 6.07) is 16.8. The standard InChI is InChI=1S/C21H26N2O/c1-16-11-12-20-19(14-16)10-7-13-23(20)15-21(24)22(3)17(2)18-8-5-4-6-9-18/h4-6,8-9,11-12,14,17H,7,10,13,15H2,1-3H3/t17-/m0/s1. The van der Waals surface area contributed by atoms with E-state index in [9.17, 15) is 4.79 Å². The molecule has 0 spiro atoms. The molecular weight excluding hydrogens is 296 g/mol. The third-order valence-corrected chi connectivity index (χ3v) is 5.03. The molecular formula is C21H26N2O. The molecule has 0 unspecified atom stereocenters. The van der Waals surface area contributed by atoms with Gasteiger partial charge in [-0.2, -0.15) is 0 Å². The molecule has 1 heterocycles. The molecule has 3 rings (SSSR count). The minimum absolute atomic E-state index is 0.0842. The number of amides is 1. The molecule has 0 radical (unpaired) electrons. The molecule has 1 amide bonds. The number of benzene rings is 2. The number of aryl methyl sites for hydroxylation is 2. The van der Waals surface area contributed by atoms with Crippen molar-refractivity contribution in [3.8, 4) is 0 Å². The van der Waals surface area contributed by atoms with Gasteiger partial charge in [-0.05, 0) is 43.9 Å². The highest BCUT2D eigenvalue weighted by Gasteiger charge is 2.23. The van der Waals surface area contributed by atoms with Crippen LogP contribution in [0.3, 0.4) is 0 Å².